The molecule has 2 aromatic heterocycles. The second kappa shape index (κ2) is 7.83. The van der Waals surface area contributed by atoms with Gasteiger partial charge in [0.05, 0.1) is 24.7 Å². The molecule has 1 aromatic carbocycles. The van der Waals surface area contributed by atoms with E-state index in [2.05, 4.69) is 4.98 Å². The first-order chi connectivity index (χ1) is 15.4. The molecular weight excluding hydrogens is 433 g/mol. The van der Waals surface area contributed by atoms with Crippen molar-refractivity contribution in [2.45, 2.75) is 57.0 Å². The number of methoxy groups -OCH3 is 1. The number of fused-ring (bicyclic) bond motifs is 2. The van der Waals surface area contributed by atoms with E-state index >= 15 is 4.39 Å². The molecule has 0 saturated heterocycles. The highest BCUT2D eigenvalue weighted by Crippen LogP contribution is 2.48. The number of aryl methyl sites for hydroxylation is 2. The number of aliphatic hydroxyl groups excluding tert-OH is 1. The zero-order valence-electron chi connectivity index (χ0n) is 18.0. The van der Waals surface area contributed by atoms with Gasteiger partial charge in [0.1, 0.15) is 11.3 Å². The van der Waals surface area contributed by atoms with Crippen molar-refractivity contribution in [2.75, 3.05) is 13.7 Å². The summed E-state index contributed by atoms with van der Waals surface area (Å²) in [7, 11) is 1.44. The predicted molar refractivity (Wildman–Crippen MR) is 122 cm³/mol. The molecule has 0 radical (unpaired) electrons. The van der Waals surface area contributed by atoms with E-state index in [0.29, 0.717) is 10.4 Å². The van der Waals surface area contributed by atoms with Crippen LogP contribution in [0.2, 0.25) is 0 Å². The minimum absolute atomic E-state index is 0.0110. The predicted octanol–water partition coefficient (Wildman–Crippen LogP) is 2.95. The maximum atomic E-state index is 15.8. The monoisotopic (exact) mass is 459 g/mol. The number of halogens is 1. The van der Waals surface area contributed by atoms with E-state index in [4.69, 9.17) is 10.5 Å². The van der Waals surface area contributed by atoms with Gasteiger partial charge in [0, 0.05) is 33.3 Å². The van der Waals surface area contributed by atoms with Crippen molar-refractivity contribution in [2.24, 2.45) is 5.73 Å². The van der Waals surface area contributed by atoms with Gasteiger partial charge in [-0.25, -0.2) is 9.18 Å². The van der Waals surface area contributed by atoms with Crippen LogP contribution in [0.1, 0.15) is 53.6 Å². The molecule has 2 heterocycles. The quantitative estimate of drug-likeness (QED) is 0.543. The third-order valence-corrected chi connectivity index (χ3v) is 7.99. The van der Waals surface area contributed by atoms with Crippen molar-refractivity contribution in [3.63, 3.8) is 0 Å². The van der Waals surface area contributed by atoms with Crippen LogP contribution in [0, 0.1) is 12.7 Å². The molecule has 0 bridgehead atoms. The Hall–Kier alpha value is -2.49. The molecule has 2 atom stereocenters. The Morgan fingerprint density at radius 1 is 1.38 bits per heavy atom. The summed E-state index contributed by atoms with van der Waals surface area (Å²) in [5, 5.41) is 9.74. The Morgan fingerprint density at radius 2 is 2.12 bits per heavy atom. The molecule has 0 spiro atoms. The van der Waals surface area contributed by atoms with Crippen molar-refractivity contribution in [1.29, 1.82) is 0 Å². The number of rotatable bonds is 5. The molecule has 0 aliphatic heterocycles. The van der Waals surface area contributed by atoms with E-state index < -0.39 is 17.1 Å². The zero-order chi connectivity index (χ0) is 22.7. The Morgan fingerprint density at radius 3 is 2.78 bits per heavy atom. The average Bonchev–Trinajstić information content (AvgIpc) is 3.51. The van der Waals surface area contributed by atoms with Crippen LogP contribution in [0.4, 0.5) is 4.39 Å². The molecule has 2 aliphatic carbocycles. The van der Waals surface area contributed by atoms with Crippen LogP contribution in [-0.2, 0) is 6.42 Å². The number of nitrogens with one attached hydrogen (secondary N) is 1. The molecule has 32 heavy (non-hydrogen) atoms. The SMILES string of the molecule is COc1c(-c2cc3c(s2)CCCC3C(N)CO)c(F)c(C)c2c(=O)[nH]c(=O)n(C3CC3)c12. The molecule has 9 heteroatoms. The number of aromatic amines is 1. The number of aromatic nitrogens is 2. The lowest BCUT2D eigenvalue weighted by Crippen LogP contribution is -2.33. The fourth-order valence-corrected chi connectivity index (χ4v) is 6.33. The summed E-state index contributed by atoms with van der Waals surface area (Å²) in [4.78, 5) is 29.5. The Balaban J connectivity index is 1.82. The molecule has 0 amide bonds. The van der Waals surface area contributed by atoms with Gasteiger partial charge >= 0.3 is 5.69 Å². The van der Waals surface area contributed by atoms with Gasteiger partial charge < -0.3 is 15.6 Å². The first-order valence-electron chi connectivity index (χ1n) is 10.9. The van der Waals surface area contributed by atoms with E-state index in [-0.39, 0.29) is 46.9 Å². The standard InChI is InChI=1S/C23H26FN3O4S/c1-10-17-20(27(11-6-7-11)23(30)26-22(17)29)21(31-2)18(19(10)24)16-8-13-12(14(25)9-28)4-3-5-15(13)32-16/h8,11-12,14,28H,3-7,9,25H2,1-2H3,(H,26,29,30). The minimum Gasteiger partial charge on any atom is -0.494 e. The molecule has 7 nitrogen and oxygen atoms in total. The fraction of sp³-hybridized carbons (Fsp3) is 0.478. The lowest BCUT2D eigenvalue weighted by molar-refractivity contribution is 0.242. The lowest BCUT2D eigenvalue weighted by Gasteiger charge is -2.26. The summed E-state index contributed by atoms with van der Waals surface area (Å²) in [5.74, 6) is -0.306. The number of benzene rings is 1. The number of hydrogen-bond donors (Lipinski definition) is 3. The van der Waals surface area contributed by atoms with E-state index in [1.54, 1.807) is 11.5 Å². The largest absolute Gasteiger partial charge is 0.494 e. The van der Waals surface area contributed by atoms with Gasteiger partial charge in [-0.05, 0) is 50.7 Å². The van der Waals surface area contributed by atoms with Crippen molar-refractivity contribution >= 4 is 22.2 Å². The number of nitrogens with zero attached hydrogens (tertiary/aromatic N) is 1. The normalized spacial score (nSPS) is 19.2. The number of hydrogen-bond acceptors (Lipinski definition) is 6. The Kier molecular flexibility index (Phi) is 5.22. The first-order valence-corrected chi connectivity index (χ1v) is 11.7. The smallest absolute Gasteiger partial charge is 0.329 e. The maximum absolute atomic E-state index is 15.8. The average molecular weight is 460 g/mol. The highest BCUT2D eigenvalue weighted by Gasteiger charge is 2.33. The maximum Gasteiger partial charge on any atom is 0.329 e. The number of aliphatic hydroxyl groups is 1. The van der Waals surface area contributed by atoms with Gasteiger partial charge in [0.2, 0.25) is 0 Å². The summed E-state index contributed by atoms with van der Waals surface area (Å²) >= 11 is 1.49. The van der Waals surface area contributed by atoms with E-state index in [1.165, 1.54) is 18.4 Å². The third kappa shape index (κ3) is 3.14. The molecular formula is C23H26FN3O4S. The van der Waals surface area contributed by atoms with Gasteiger partial charge in [-0.2, -0.15) is 0 Å². The van der Waals surface area contributed by atoms with Crippen LogP contribution in [0.25, 0.3) is 21.3 Å². The van der Waals surface area contributed by atoms with Crippen LogP contribution in [0.3, 0.4) is 0 Å². The van der Waals surface area contributed by atoms with Crippen LogP contribution in [0.5, 0.6) is 5.75 Å². The van der Waals surface area contributed by atoms with Gasteiger partial charge in [-0.3, -0.25) is 14.3 Å². The number of ether oxygens (including phenoxy) is 1. The first kappa shape index (κ1) is 21.4. The van der Waals surface area contributed by atoms with E-state index in [9.17, 15) is 14.7 Å². The Bertz CT molecular complexity index is 1340. The van der Waals surface area contributed by atoms with Gasteiger partial charge in [0.15, 0.2) is 5.75 Å². The van der Waals surface area contributed by atoms with Crippen molar-refractivity contribution < 1.29 is 14.2 Å². The van der Waals surface area contributed by atoms with Crippen molar-refractivity contribution in [3.05, 3.63) is 48.7 Å². The highest BCUT2D eigenvalue weighted by molar-refractivity contribution is 7.15. The number of nitrogens with two attached hydrogens (primary N) is 1. The van der Waals surface area contributed by atoms with Crippen molar-refractivity contribution in [1.82, 2.24) is 9.55 Å². The van der Waals surface area contributed by atoms with Gasteiger partial charge in [-0.1, -0.05) is 0 Å². The second-order valence-electron chi connectivity index (χ2n) is 8.77. The Labute approximate surface area is 187 Å². The summed E-state index contributed by atoms with van der Waals surface area (Å²) in [5.41, 5.74) is 6.92. The van der Waals surface area contributed by atoms with Crippen molar-refractivity contribution in [3.8, 4) is 16.2 Å². The van der Waals surface area contributed by atoms with Crippen LogP contribution < -0.4 is 21.7 Å². The summed E-state index contributed by atoms with van der Waals surface area (Å²) in [6, 6.07) is 1.54. The third-order valence-electron chi connectivity index (χ3n) is 6.76. The molecule has 1 saturated carbocycles. The molecule has 170 valence electrons. The second-order valence-corrected chi connectivity index (χ2v) is 9.90. The molecule has 5 rings (SSSR count). The topological polar surface area (TPSA) is 110 Å². The lowest BCUT2D eigenvalue weighted by atomic mass is 9.82. The number of H-pyrrole nitrogens is 1. The van der Waals surface area contributed by atoms with E-state index in [1.807, 2.05) is 6.07 Å². The number of thiophene rings is 1. The van der Waals surface area contributed by atoms with Crippen LogP contribution in [0.15, 0.2) is 15.7 Å². The molecule has 2 unspecified atom stereocenters. The highest BCUT2D eigenvalue weighted by atomic mass is 32.1. The van der Waals surface area contributed by atoms with Crippen LogP contribution >= 0.6 is 11.3 Å². The molecule has 1 fully saturated rings. The van der Waals surface area contributed by atoms with Gasteiger partial charge in [-0.15, -0.1) is 11.3 Å². The summed E-state index contributed by atoms with van der Waals surface area (Å²) in [6.45, 7) is 1.45. The van der Waals surface area contributed by atoms with E-state index in [0.717, 1.165) is 42.5 Å². The molecule has 4 N–H and O–H groups in total. The molecule has 2 aliphatic rings. The minimum atomic E-state index is -0.609. The summed E-state index contributed by atoms with van der Waals surface area (Å²) in [6.07, 6.45) is 4.35. The van der Waals surface area contributed by atoms with Crippen LogP contribution in [-0.4, -0.2) is 34.4 Å². The molecule has 3 aromatic rings. The zero-order valence-corrected chi connectivity index (χ0v) is 18.9. The fourth-order valence-electron chi connectivity index (χ4n) is 5.02. The van der Waals surface area contributed by atoms with Gasteiger partial charge in [0.25, 0.3) is 5.56 Å². The summed E-state index contributed by atoms with van der Waals surface area (Å²) < 4.78 is 23.0.